The number of methoxy groups -OCH3 is 1. The molecule has 2 aromatic heterocycles. The molecule has 3 aromatic rings. The summed E-state index contributed by atoms with van der Waals surface area (Å²) in [7, 11) is 1.58. The van der Waals surface area contributed by atoms with Gasteiger partial charge in [-0.1, -0.05) is 12.1 Å². The van der Waals surface area contributed by atoms with Crippen LogP contribution in [0.25, 0.3) is 10.9 Å². The minimum atomic E-state index is -0.0204. The highest BCUT2D eigenvalue weighted by atomic mass is 32.2. The van der Waals surface area contributed by atoms with Crippen molar-refractivity contribution in [3.63, 3.8) is 0 Å². The van der Waals surface area contributed by atoms with Crippen molar-refractivity contribution in [2.24, 2.45) is 5.92 Å². The molecule has 1 fully saturated rings. The molecular formula is C25H27N5O3S. The van der Waals surface area contributed by atoms with Crippen LogP contribution >= 0.6 is 11.8 Å². The Hall–Kier alpha value is -3.17. The molecule has 0 bridgehead atoms. The van der Waals surface area contributed by atoms with Crippen LogP contribution in [0, 0.1) is 5.92 Å². The highest BCUT2D eigenvalue weighted by molar-refractivity contribution is 8.00. The molecule has 0 spiro atoms. The Bertz CT molecular complexity index is 1230. The first-order chi connectivity index (χ1) is 16.6. The van der Waals surface area contributed by atoms with Crippen LogP contribution in [0.1, 0.15) is 31.4 Å². The van der Waals surface area contributed by atoms with Gasteiger partial charge in [-0.2, -0.15) is 0 Å². The predicted molar refractivity (Wildman–Crippen MR) is 133 cm³/mol. The smallest absolute Gasteiger partial charge is 0.235 e. The highest BCUT2D eigenvalue weighted by Crippen LogP contribution is 2.31. The zero-order chi connectivity index (χ0) is 23.5. The van der Waals surface area contributed by atoms with E-state index in [1.807, 2.05) is 42.5 Å². The third kappa shape index (κ3) is 5.00. The molecule has 1 aliphatic carbocycles. The van der Waals surface area contributed by atoms with E-state index in [4.69, 9.17) is 4.74 Å². The van der Waals surface area contributed by atoms with Crippen LogP contribution in [0.15, 0.2) is 47.4 Å². The summed E-state index contributed by atoms with van der Waals surface area (Å²) in [6.45, 7) is 0.638. The van der Waals surface area contributed by atoms with Gasteiger partial charge in [0, 0.05) is 30.0 Å². The van der Waals surface area contributed by atoms with Crippen LogP contribution in [-0.2, 0) is 16.1 Å². The number of fused-ring (bicyclic) bond motifs is 2. The van der Waals surface area contributed by atoms with Crippen molar-refractivity contribution in [1.29, 1.82) is 0 Å². The van der Waals surface area contributed by atoms with E-state index in [-0.39, 0.29) is 17.7 Å². The van der Waals surface area contributed by atoms with E-state index >= 15 is 0 Å². The third-order valence-electron chi connectivity index (χ3n) is 6.36. The number of carbonyl (C=O) groups excluding carboxylic acids is 2. The molecule has 3 N–H and O–H groups in total. The van der Waals surface area contributed by atoms with E-state index in [2.05, 4.69) is 25.9 Å². The number of nitrogens with one attached hydrogen (secondary N) is 3. The zero-order valence-electron chi connectivity index (χ0n) is 19.0. The Balaban J connectivity index is 1.14. The molecule has 1 aromatic carbocycles. The molecule has 2 aliphatic rings. The van der Waals surface area contributed by atoms with Gasteiger partial charge >= 0.3 is 0 Å². The number of amides is 2. The quantitative estimate of drug-likeness (QED) is 0.493. The normalized spacial score (nSPS) is 19.9. The van der Waals surface area contributed by atoms with E-state index < -0.39 is 0 Å². The summed E-state index contributed by atoms with van der Waals surface area (Å²) in [5.74, 6) is 1.63. The van der Waals surface area contributed by atoms with Crippen molar-refractivity contribution in [3.8, 4) is 5.88 Å². The van der Waals surface area contributed by atoms with Gasteiger partial charge in [0.1, 0.15) is 5.82 Å². The summed E-state index contributed by atoms with van der Waals surface area (Å²) in [4.78, 5) is 34.7. The molecule has 176 valence electrons. The Labute approximate surface area is 202 Å². The minimum Gasteiger partial charge on any atom is -0.481 e. The van der Waals surface area contributed by atoms with Gasteiger partial charge in [0.15, 0.2) is 0 Å². The number of pyridine rings is 2. The summed E-state index contributed by atoms with van der Waals surface area (Å²) >= 11 is 1.51. The van der Waals surface area contributed by atoms with Gasteiger partial charge in [-0.25, -0.2) is 9.97 Å². The molecule has 9 heteroatoms. The van der Waals surface area contributed by atoms with Crippen molar-refractivity contribution < 1.29 is 14.3 Å². The molecule has 3 heterocycles. The molecule has 5 rings (SSSR count). The summed E-state index contributed by atoms with van der Waals surface area (Å²) in [6.07, 6.45) is 3.51. The SMILES string of the molecule is COc1ccc2cccc(NC(=O)[C@H]3CC[C@H](NCc4ccc5c(n4)NC(=O)CS5)CC3)c2n1. The average molecular weight is 478 g/mol. The molecule has 34 heavy (non-hydrogen) atoms. The van der Waals surface area contributed by atoms with Crippen molar-refractivity contribution in [2.75, 3.05) is 23.5 Å². The summed E-state index contributed by atoms with van der Waals surface area (Å²) in [5.41, 5.74) is 2.35. The van der Waals surface area contributed by atoms with E-state index in [1.54, 1.807) is 7.11 Å². The standard InChI is InChI=1S/C25H27N5O3S/c1-33-22-12-7-15-3-2-4-19(23(15)30-22)28-25(32)16-5-8-17(9-6-16)26-13-18-10-11-20-24(27-18)29-21(31)14-34-20/h2-4,7,10-12,16-17,26H,5-6,8-9,13-14H2,1H3,(H,28,32)(H,27,29,31)/t16-,17-. The van der Waals surface area contributed by atoms with Crippen molar-refractivity contribution in [3.05, 3.63) is 48.2 Å². The lowest BCUT2D eigenvalue weighted by Crippen LogP contribution is -2.36. The number of thioether (sulfide) groups is 1. The molecule has 0 unspecified atom stereocenters. The van der Waals surface area contributed by atoms with E-state index in [9.17, 15) is 9.59 Å². The number of nitrogens with zero attached hydrogens (tertiary/aromatic N) is 2. The average Bonchev–Trinajstić information content (AvgIpc) is 2.87. The number of ether oxygens (including phenoxy) is 1. The van der Waals surface area contributed by atoms with Crippen molar-refractivity contribution in [2.45, 2.75) is 43.2 Å². The van der Waals surface area contributed by atoms with Gasteiger partial charge < -0.3 is 20.7 Å². The van der Waals surface area contributed by atoms with Gasteiger partial charge in [0.2, 0.25) is 17.7 Å². The van der Waals surface area contributed by atoms with Crippen LogP contribution < -0.4 is 20.7 Å². The number of hydrogen-bond donors (Lipinski definition) is 3. The fourth-order valence-corrected chi connectivity index (χ4v) is 5.25. The number of rotatable bonds is 6. The Morgan fingerprint density at radius 3 is 2.79 bits per heavy atom. The summed E-state index contributed by atoms with van der Waals surface area (Å²) in [5, 5.41) is 10.4. The number of benzene rings is 1. The molecule has 0 atom stereocenters. The van der Waals surface area contributed by atoms with Crippen molar-refractivity contribution >= 4 is 46.0 Å². The van der Waals surface area contributed by atoms with Crippen molar-refractivity contribution in [1.82, 2.24) is 15.3 Å². The summed E-state index contributed by atoms with van der Waals surface area (Å²) in [6, 6.07) is 13.9. The maximum atomic E-state index is 13.0. The molecule has 1 aliphatic heterocycles. The lowest BCUT2D eigenvalue weighted by molar-refractivity contribution is -0.121. The van der Waals surface area contributed by atoms with Gasteiger partial charge in [0.05, 0.1) is 34.7 Å². The number of carbonyl (C=O) groups is 2. The van der Waals surface area contributed by atoms with Crippen LogP contribution in [0.3, 0.4) is 0 Å². The number of aromatic nitrogens is 2. The van der Waals surface area contributed by atoms with Crippen LogP contribution in [0.4, 0.5) is 11.5 Å². The third-order valence-corrected chi connectivity index (χ3v) is 7.41. The lowest BCUT2D eigenvalue weighted by Gasteiger charge is -2.28. The number of anilines is 2. The first kappa shape index (κ1) is 22.6. The molecule has 2 amide bonds. The Morgan fingerprint density at radius 2 is 1.97 bits per heavy atom. The Morgan fingerprint density at radius 1 is 1.12 bits per heavy atom. The first-order valence-corrected chi connectivity index (χ1v) is 12.5. The fourth-order valence-electron chi connectivity index (χ4n) is 4.49. The van der Waals surface area contributed by atoms with Crippen LogP contribution in [0.2, 0.25) is 0 Å². The number of hydrogen-bond acceptors (Lipinski definition) is 7. The number of para-hydroxylation sites is 1. The summed E-state index contributed by atoms with van der Waals surface area (Å²) < 4.78 is 5.24. The second-order valence-corrected chi connectivity index (χ2v) is 9.65. The van der Waals surface area contributed by atoms with Crippen LogP contribution in [-0.4, -0.2) is 40.7 Å². The topological polar surface area (TPSA) is 105 Å². The fraction of sp³-hybridized carbons (Fsp3) is 0.360. The molecular weight excluding hydrogens is 450 g/mol. The van der Waals surface area contributed by atoms with Gasteiger partial charge in [-0.3, -0.25) is 9.59 Å². The van der Waals surface area contributed by atoms with Gasteiger partial charge in [-0.15, -0.1) is 11.8 Å². The maximum Gasteiger partial charge on any atom is 0.235 e. The van der Waals surface area contributed by atoms with Crippen LogP contribution in [0.5, 0.6) is 5.88 Å². The molecule has 8 nitrogen and oxygen atoms in total. The monoisotopic (exact) mass is 477 g/mol. The Kier molecular flexibility index (Phi) is 6.64. The molecule has 1 saturated carbocycles. The largest absolute Gasteiger partial charge is 0.481 e. The zero-order valence-corrected chi connectivity index (χ0v) is 19.8. The first-order valence-electron chi connectivity index (χ1n) is 11.5. The van der Waals surface area contributed by atoms with E-state index in [0.29, 0.717) is 35.7 Å². The second-order valence-electron chi connectivity index (χ2n) is 8.64. The van der Waals surface area contributed by atoms with E-state index in [1.165, 1.54) is 11.8 Å². The lowest BCUT2D eigenvalue weighted by atomic mass is 9.85. The van der Waals surface area contributed by atoms with Gasteiger partial charge in [-0.05, 0) is 49.9 Å². The molecule has 0 radical (unpaired) electrons. The highest BCUT2D eigenvalue weighted by Gasteiger charge is 2.27. The second kappa shape index (κ2) is 9.99. The molecule has 0 saturated heterocycles. The maximum absolute atomic E-state index is 13.0. The predicted octanol–water partition coefficient (Wildman–Crippen LogP) is 3.97. The van der Waals surface area contributed by atoms with Gasteiger partial charge in [0.25, 0.3) is 0 Å². The van der Waals surface area contributed by atoms with E-state index in [0.717, 1.165) is 47.2 Å². The minimum absolute atomic E-state index is 0.00914.